The lowest BCUT2D eigenvalue weighted by molar-refractivity contribution is -0.140. The quantitative estimate of drug-likeness (QED) is 0.364. The molecule has 2 amide bonds. The fraction of sp³-hybridized carbons (Fsp3) is 0.286. The van der Waals surface area contributed by atoms with Crippen molar-refractivity contribution in [2.45, 2.75) is 25.9 Å². The maximum Gasteiger partial charge on any atom is 0.244 e. The van der Waals surface area contributed by atoms with Gasteiger partial charge in [-0.2, -0.15) is 0 Å². The Kier molecular flexibility index (Phi) is 10.2. The van der Waals surface area contributed by atoms with E-state index in [9.17, 15) is 18.0 Å². The molecule has 10 heteroatoms. The molecule has 3 rings (SSSR count). The van der Waals surface area contributed by atoms with Gasteiger partial charge in [-0.1, -0.05) is 54.1 Å². The zero-order valence-electron chi connectivity index (χ0n) is 21.6. The average Bonchev–Trinajstić information content (AvgIpc) is 2.90. The second kappa shape index (κ2) is 13.3. The normalized spacial score (nSPS) is 11.9. The molecule has 202 valence electrons. The summed E-state index contributed by atoms with van der Waals surface area (Å²) >= 11 is 5.99. The first kappa shape index (κ1) is 29.0. The smallest absolute Gasteiger partial charge is 0.244 e. The minimum Gasteiger partial charge on any atom is -0.497 e. The van der Waals surface area contributed by atoms with Crippen molar-refractivity contribution in [1.29, 1.82) is 0 Å². The van der Waals surface area contributed by atoms with Crippen molar-refractivity contribution in [2.24, 2.45) is 0 Å². The number of likely N-dealkylation sites (N-methyl/N-ethyl adjacent to an activating group) is 1. The molecule has 1 atom stereocenters. The van der Waals surface area contributed by atoms with Crippen molar-refractivity contribution < 1.29 is 22.7 Å². The van der Waals surface area contributed by atoms with E-state index in [0.717, 1.165) is 21.7 Å². The zero-order chi connectivity index (χ0) is 27.7. The number of hydrogen-bond donors (Lipinski definition) is 1. The van der Waals surface area contributed by atoms with E-state index in [2.05, 4.69) is 5.32 Å². The summed E-state index contributed by atoms with van der Waals surface area (Å²) in [5, 5.41) is 3.26. The van der Waals surface area contributed by atoms with Gasteiger partial charge in [0.2, 0.25) is 21.8 Å². The summed E-state index contributed by atoms with van der Waals surface area (Å²) in [4.78, 5) is 28.7. The highest BCUT2D eigenvalue weighted by atomic mass is 35.5. The predicted octanol–water partition coefficient (Wildman–Crippen LogP) is 3.89. The van der Waals surface area contributed by atoms with Gasteiger partial charge in [-0.25, -0.2) is 8.42 Å². The van der Waals surface area contributed by atoms with E-state index < -0.39 is 28.5 Å². The van der Waals surface area contributed by atoms with Crippen LogP contribution < -0.4 is 14.4 Å². The van der Waals surface area contributed by atoms with E-state index in [-0.39, 0.29) is 18.9 Å². The first-order valence-corrected chi connectivity index (χ1v) is 14.3. The fourth-order valence-electron chi connectivity index (χ4n) is 4.03. The summed E-state index contributed by atoms with van der Waals surface area (Å²) < 4.78 is 31.8. The zero-order valence-corrected chi connectivity index (χ0v) is 23.2. The molecule has 0 saturated carbocycles. The molecule has 3 aromatic rings. The number of rotatable bonds is 12. The van der Waals surface area contributed by atoms with Crippen molar-refractivity contribution in [3.8, 4) is 5.75 Å². The van der Waals surface area contributed by atoms with Crippen LogP contribution in [0.15, 0.2) is 78.9 Å². The third-order valence-electron chi connectivity index (χ3n) is 5.90. The maximum absolute atomic E-state index is 13.9. The van der Waals surface area contributed by atoms with Gasteiger partial charge in [-0.3, -0.25) is 13.9 Å². The number of hydrogen-bond acceptors (Lipinski definition) is 5. The first-order valence-electron chi connectivity index (χ1n) is 12.1. The summed E-state index contributed by atoms with van der Waals surface area (Å²) in [5.74, 6) is -0.253. The Labute approximate surface area is 229 Å². The average molecular weight is 558 g/mol. The second-order valence-electron chi connectivity index (χ2n) is 8.72. The number of anilines is 1. The molecule has 0 radical (unpaired) electrons. The number of halogens is 1. The number of ether oxygens (including phenoxy) is 1. The molecule has 0 unspecified atom stereocenters. The van der Waals surface area contributed by atoms with Crippen LogP contribution in [0.25, 0.3) is 0 Å². The topological polar surface area (TPSA) is 96.0 Å². The van der Waals surface area contributed by atoms with E-state index in [1.807, 2.05) is 36.4 Å². The van der Waals surface area contributed by atoms with E-state index in [0.29, 0.717) is 23.0 Å². The number of carbonyl (C=O) groups excluding carboxylic acids is 2. The van der Waals surface area contributed by atoms with Crippen LogP contribution in [-0.4, -0.2) is 57.6 Å². The van der Waals surface area contributed by atoms with Gasteiger partial charge >= 0.3 is 0 Å². The maximum atomic E-state index is 13.9. The molecule has 0 heterocycles. The Morgan fingerprint density at radius 1 is 0.974 bits per heavy atom. The molecular formula is C28H32ClN3O5S. The standard InChI is InChI=1S/C28H32ClN3O5S/c1-4-30-28(34)26(18-21-9-6-5-7-10-21)31(19-22-11-8-12-25(17-22)37-2)27(33)20-32(38(3,35)36)24-15-13-23(29)14-16-24/h5-17,26H,4,18-20H2,1-3H3,(H,30,34)/t26-/m0/s1. The molecule has 0 fully saturated rings. The Morgan fingerprint density at radius 3 is 2.24 bits per heavy atom. The van der Waals surface area contributed by atoms with Gasteiger partial charge in [0.05, 0.1) is 19.1 Å². The van der Waals surface area contributed by atoms with Crippen LogP contribution in [0.4, 0.5) is 5.69 Å². The molecular weight excluding hydrogens is 526 g/mol. The molecule has 0 aliphatic rings. The largest absolute Gasteiger partial charge is 0.497 e. The lowest BCUT2D eigenvalue weighted by atomic mass is 10.0. The third kappa shape index (κ3) is 7.97. The summed E-state index contributed by atoms with van der Waals surface area (Å²) in [6, 6.07) is 21.9. The molecule has 0 bridgehead atoms. The van der Waals surface area contributed by atoms with Crippen molar-refractivity contribution in [3.05, 3.63) is 95.0 Å². The van der Waals surface area contributed by atoms with Crippen LogP contribution in [0.1, 0.15) is 18.1 Å². The lowest BCUT2D eigenvalue weighted by Crippen LogP contribution is -2.53. The number of carbonyl (C=O) groups is 2. The van der Waals surface area contributed by atoms with Crippen LogP contribution in [0.5, 0.6) is 5.75 Å². The van der Waals surface area contributed by atoms with Gasteiger partial charge in [0.25, 0.3) is 0 Å². The fourth-order valence-corrected chi connectivity index (χ4v) is 5.01. The van der Waals surface area contributed by atoms with Crippen LogP contribution >= 0.6 is 11.6 Å². The summed E-state index contributed by atoms with van der Waals surface area (Å²) in [6.45, 7) is 1.77. The molecule has 0 aromatic heterocycles. The molecule has 0 aliphatic heterocycles. The molecule has 3 aromatic carbocycles. The van der Waals surface area contributed by atoms with E-state index in [4.69, 9.17) is 16.3 Å². The predicted molar refractivity (Wildman–Crippen MR) is 150 cm³/mol. The van der Waals surface area contributed by atoms with E-state index >= 15 is 0 Å². The highest BCUT2D eigenvalue weighted by molar-refractivity contribution is 7.92. The SMILES string of the molecule is CCNC(=O)[C@H](Cc1ccccc1)N(Cc1cccc(OC)c1)C(=O)CN(c1ccc(Cl)cc1)S(C)(=O)=O. The molecule has 1 N–H and O–H groups in total. The first-order chi connectivity index (χ1) is 18.1. The van der Waals surface area contributed by atoms with Gasteiger partial charge in [0.1, 0.15) is 18.3 Å². The highest BCUT2D eigenvalue weighted by Crippen LogP contribution is 2.23. The third-order valence-corrected chi connectivity index (χ3v) is 7.30. The highest BCUT2D eigenvalue weighted by Gasteiger charge is 2.32. The summed E-state index contributed by atoms with van der Waals surface area (Å²) in [7, 11) is -2.29. The van der Waals surface area contributed by atoms with E-state index in [1.165, 1.54) is 17.0 Å². The Bertz CT molecular complexity index is 1330. The minimum atomic E-state index is -3.84. The number of amides is 2. The van der Waals surface area contributed by atoms with Crippen LogP contribution in [0, 0.1) is 0 Å². The molecule has 8 nitrogen and oxygen atoms in total. The number of nitrogens with zero attached hydrogens (tertiary/aromatic N) is 2. The molecule has 0 spiro atoms. The minimum absolute atomic E-state index is 0.0723. The number of benzene rings is 3. The van der Waals surface area contributed by atoms with Crippen LogP contribution in [0.2, 0.25) is 5.02 Å². The Morgan fingerprint density at radius 2 is 1.63 bits per heavy atom. The van der Waals surface area contributed by atoms with Crippen LogP contribution in [0.3, 0.4) is 0 Å². The monoisotopic (exact) mass is 557 g/mol. The molecule has 0 aliphatic carbocycles. The second-order valence-corrected chi connectivity index (χ2v) is 11.1. The van der Waals surface area contributed by atoms with Crippen molar-refractivity contribution in [3.63, 3.8) is 0 Å². The summed E-state index contributed by atoms with van der Waals surface area (Å²) in [6.07, 6.45) is 1.29. The van der Waals surface area contributed by atoms with Gasteiger partial charge in [0.15, 0.2) is 0 Å². The number of nitrogens with one attached hydrogen (secondary N) is 1. The summed E-state index contributed by atoms with van der Waals surface area (Å²) in [5.41, 5.74) is 1.89. The van der Waals surface area contributed by atoms with Gasteiger partial charge in [-0.05, 0) is 54.4 Å². The van der Waals surface area contributed by atoms with Crippen LogP contribution in [-0.2, 0) is 32.6 Å². The van der Waals surface area contributed by atoms with Crippen molar-refractivity contribution >= 4 is 39.1 Å². The Hall–Kier alpha value is -3.56. The van der Waals surface area contributed by atoms with E-state index in [1.54, 1.807) is 44.4 Å². The van der Waals surface area contributed by atoms with Gasteiger partial charge < -0.3 is 15.0 Å². The molecule has 0 saturated heterocycles. The number of methoxy groups -OCH3 is 1. The lowest BCUT2D eigenvalue weighted by Gasteiger charge is -2.33. The molecule has 38 heavy (non-hydrogen) atoms. The Balaban J connectivity index is 2.04. The number of sulfonamides is 1. The van der Waals surface area contributed by atoms with Gasteiger partial charge in [0, 0.05) is 24.5 Å². The van der Waals surface area contributed by atoms with Crippen molar-refractivity contribution in [1.82, 2.24) is 10.2 Å². The van der Waals surface area contributed by atoms with Crippen molar-refractivity contribution in [2.75, 3.05) is 30.8 Å². The van der Waals surface area contributed by atoms with Gasteiger partial charge in [-0.15, -0.1) is 0 Å².